The molecule has 0 radical (unpaired) electrons. The number of piperazine rings is 1. The lowest BCUT2D eigenvalue weighted by molar-refractivity contribution is 0.0974. The highest BCUT2D eigenvalue weighted by Crippen LogP contribution is 2.18. The van der Waals surface area contributed by atoms with Crippen LogP contribution in [0, 0.1) is 5.82 Å². The predicted molar refractivity (Wildman–Crippen MR) is 79.5 cm³/mol. The maximum absolute atomic E-state index is 13.8. The SMILES string of the molecule is Fc1cc(Cl)ccc1CN1CCN(C2CCNC2)CC1. The summed E-state index contributed by atoms with van der Waals surface area (Å²) in [5, 5.41) is 3.88. The van der Waals surface area contributed by atoms with Crippen LogP contribution in [0.15, 0.2) is 18.2 Å². The molecule has 0 aromatic heterocycles. The van der Waals surface area contributed by atoms with Gasteiger partial charge in [0.15, 0.2) is 0 Å². The van der Waals surface area contributed by atoms with Gasteiger partial charge in [-0.05, 0) is 25.1 Å². The van der Waals surface area contributed by atoms with Gasteiger partial charge in [0.05, 0.1) is 0 Å². The second-order valence-electron chi connectivity index (χ2n) is 5.69. The molecule has 2 fully saturated rings. The molecule has 2 saturated heterocycles. The van der Waals surface area contributed by atoms with E-state index in [1.807, 2.05) is 0 Å². The Hall–Kier alpha value is -0.680. The number of rotatable bonds is 3. The number of hydrogen-bond donors (Lipinski definition) is 1. The Labute approximate surface area is 124 Å². The molecule has 1 N–H and O–H groups in total. The van der Waals surface area contributed by atoms with Crippen LogP contribution in [0.25, 0.3) is 0 Å². The Morgan fingerprint density at radius 2 is 2.05 bits per heavy atom. The van der Waals surface area contributed by atoms with Crippen molar-refractivity contribution >= 4 is 11.6 Å². The molecule has 2 aliphatic heterocycles. The van der Waals surface area contributed by atoms with Gasteiger partial charge >= 0.3 is 0 Å². The van der Waals surface area contributed by atoms with Crippen molar-refractivity contribution in [2.75, 3.05) is 39.3 Å². The molecule has 0 spiro atoms. The normalized spacial score (nSPS) is 25.2. The molecule has 0 amide bonds. The van der Waals surface area contributed by atoms with E-state index in [0.717, 1.165) is 44.8 Å². The van der Waals surface area contributed by atoms with E-state index in [1.165, 1.54) is 12.5 Å². The summed E-state index contributed by atoms with van der Waals surface area (Å²) in [5.41, 5.74) is 0.741. The fourth-order valence-electron chi connectivity index (χ4n) is 3.13. The van der Waals surface area contributed by atoms with Crippen LogP contribution in [0.2, 0.25) is 5.02 Å². The Morgan fingerprint density at radius 3 is 2.70 bits per heavy atom. The molecule has 0 aliphatic carbocycles. The zero-order valence-electron chi connectivity index (χ0n) is 11.6. The van der Waals surface area contributed by atoms with Gasteiger partial charge in [-0.3, -0.25) is 9.80 Å². The van der Waals surface area contributed by atoms with Crippen molar-refractivity contribution in [1.82, 2.24) is 15.1 Å². The molecule has 2 aliphatic rings. The van der Waals surface area contributed by atoms with Crippen LogP contribution < -0.4 is 5.32 Å². The average Bonchev–Trinajstić information content (AvgIpc) is 2.97. The van der Waals surface area contributed by atoms with Crippen LogP contribution in [-0.2, 0) is 6.54 Å². The van der Waals surface area contributed by atoms with Crippen molar-refractivity contribution in [3.8, 4) is 0 Å². The van der Waals surface area contributed by atoms with Crippen LogP contribution in [0.3, 0.4) is 0 Å². The fourth-order valence-corrected chi connectivity index (χ4v) is 3.29. The van der Waals surface area contributed by atoms with Crippen LogP contribution in [0.1, 0.15) is 12.0 Å². The van der Waals surface area contributed by atoms with E-state index >= 15 is 0 Å². The minimum absolute atomic E-state index is 0.195. The summed E-state index contributed by atoms with van der Waals surface area (Å²) in [5.74, 6) is -0.195. The van der Waals surface area contributed by atoms with Crippen LogP contribution in [0.5, 0.6) is 0 Å². The van der Waals surface area contributed by atoms with E-state index in [9.17, 15) is 4.39 Å². The summed E-state index contributed by atoms with van der Waals surface area (Å²) in [6, 6.07) is 5.66. The summed E-state index contributed by atoms with van der Waals surface area (Å²) in [6.07, 6.45) is 1.26. The van der Waals surface area contributed by atoms with Gasteiger partial charge in [-0.15, -0.1) is 0 Å². The van der Waals surface area contributed by atoms with Crippen LogP contribution >= 0.6 is 11.6 Å². The number of hydrogen-bond acceptors (Lipinski definition) is 3. The molecule has 110 valence electrons. The smallest absolute Gasteiger partial charge is 0.129 e. The summed E-state index contributed by atoms with van der Waals surface area (Å²) < 4.78 is 13.8. The van der Waals surface area contributed by atoms with E-state index in [2.05, 4.69) is 15.1 Å². The van der Waals surface area contributed by atoms with E-state index in [1.54, 1.807) is 12.1 Å². The van der Waals surface area contributed by atoms with Gasteiger partial charge in [0.25, 0.3) is 0 Å². The lowest BCUT2D eigenvalue weighted by Crippen LogP contribution is -2.50. The van der Waals surface area contributed by atoms with Gasteiger partial charge in [-0.25, -0.2) is 4.39 Å². The first-order chi connectivity index (χ1) is 9.72. The minimum atomic E-state index is -0.195. The Balaban J connectivity index is 1.53. The molecule has 3 rings (SSSR count). The summed E-state index contributed by atoms with van der Waals surface area (Å²) >= 11 is 5.79. The molecule has 1 aromatic carbocycles. The van der Waals surface area contributed by atoms with Gasteiger partial charge in [-0.2, -0.15) is 0 Å². The molecule has 0 bridgehead atoms. The average molecular weight is 298 g/mol. The first-order valence-electron chi connectivity index (χ1n) is 7.33. The molecule has 1 atom stereocenters. The summed E-state index contributed by atoms with van der Waals surface area (Å²) in [6.45, 7) is 7.13. The van der Waals surface area contributed by atoms with E-state index < -0.39 is 0 Å². The highest BCUT2D eigenvalue weighted by molar-refractivity contribution is 6.30. The van der Waals surface area contributed by atoms with Crippen molar-refractivity contribution in [2.24, 2.45) is 0 Å². The number of nitrogens with zero attached hydrogens (tertiary/aromatic N) is 2. The van der Waals surface area contributed by atoms with Gasteiger partial charge in [0, 0.05) is 55.9 Å². The molecule has 1 aromatic rings. The number of nitrogens with one attached hydrogen (secondary N) is 1. The fraction of sp³-hybridized carbons (Fsp3) is 0.600. The van der Waals surface area contributed by atoms with E-state index in [0.29, 0.717) is 17.6 Å². The lowest BCUT2D eigenvalue weighted by Gasteiger charge is -2.37. The largest absolute Gasteiger partial charge is 0.315 e. The maximum Gasteiger partial charge on any atom is 0.129 e. The van der Waals surface area contributed by atoms with Crippen molar-refractivity contribution in [1.29, 1.82) is 0 Å². The first kappa shape index (κ1) is 14.3. The highest BCUT2D eigenvalue weighted by Gasteiger charge is 2.26. The zero-order valence-corrected chi connectivity index (χ0v) is 12.4. The summed E-state index contributed by atoms with van der Waals surface area (Å²) in [7, 11) is 0. The van der Waals surface area contributed by atoms with Crippen LogP contribution in [-0.4, -0.2) is 55.1 Å². The zero-order chi connectivity index (χ0) is 13.9. The Bertz CT molecular complexity index is 454. The third kappa shape index (κ3) is 3.31. The first-order valence-corrected chi connectivity index (χ1v) is 7.71. The minimum Gasteiger partial charge on any atom is -0.315 e. The van der Waals surface area contributed by atoms with Crippen molar-refractivity contribution < 1.29 is 4.39 Å². The molecule has 2 heterocycles. The molecular weight excluding hydrogens is 277 g/mol. The lowest BCUT2D eigenvalue weighted by atomic mass is 10.1. The molecule has 3 nitrogen and oxygen atoms in total. The van der Waals surface area contributed by atoms with Gasteiger partial charge in [0.1, 0.15) is 5.82 Å². The second-order valence-corrected chi connectivity index (χ2v) is 6.13. The highest BCUT2D eigenvalue weighted by atomic mass is 35.5. The van der Waals surface area contributed by atoms with Gasteiger partial charge in [-0.1, -0.05) is 17.7 Å². The molecule has 0 saturated carbocycles. The maximum atomic E-state index is 13.8. The van der Waals surface area contributed by atoms with E-state index in [4.69, 9.17) is 11.6 Å². The quantitative estimate of drug-likeness (QED) is 0.920. The third-order valence-electron chi connectivity index (χ3n) is 4.37. The molecule has 1 unspecified atom stereocenters. The molecule has 20 heavy (non-hydrogen) atoms. The van der Waals surface area contributed by atoms with Crippen molar-refractivity contribution in [2.45, 2.75) is 19.0 Å². The molecular formula is C15H21ClFN3. The van der Waals surface area contributed by atoms with Crippen LogP contribution in [0.4, 0.5) is 4.39 Å². The van der Waals surface area contributed by atoms with Crippen molar-refractivity contribution in [3.05, 3.63) is 34.6 Å². The topological polar surface area (TPSA) is 18.5 Å². The monoisotopic (exact) mass is 297 g/mol. The van der Waals surface area contributed by atoms with Gasteiger partial charge < -0.3 is 5.32 Å². The Kier molecular flexibility index (Phi) is 4.56. The second kappa shape index (κ2) is 6.39. The number of halogens is 2. The van der Waals surface area contributed by atoms with Crippen molar-refractivity contribution in [3.63, 3.8) is 0 Å². The summed E-state index contributed by atoms with van der Waals surface area (Å²) in [4.78, 5) is 4.89. The van der Waals surface area contributed by atoms with E-state index in [-0.39, 0.29) is 5.82 Å². The standard InChI is InChI=1S/C15H21ClFN3/c16-13-2-1-12(15(17)9-13)11-19-5-7-20(8-6-19)14-3-4-18-10-14/h1-2,9,14,18H,3-8,10-11H2. The molecule has 5 heteroatoms. The Morgan fingerprint density at radius 1 is 1.25 bits per heavy atom. The predicted octanol–water partition coefficient (Wildman–Crippen LogP) is 1.96. The third-order valence-corrected chi connectivity index (χ3v) is 4.60. The van der Waals surface area contributed by atoms with Gasteiger partial charge in [0.2, 0.25) is 0 Å². The number of benzene rings is 1.